The van der Waals surface area contributed by atoms with Crippen LogP contribution < -0.4 is 5.32 Å². The van der Waals surface area contributed by atoms with Crippen LogP contribution in [-0.4, -0.2) is 10.8 Å². The number of carbonyl (C=O) groups excluding carboxylic acids is 1. The Morgan fingerprint density at radius 1 is 1.13 bits per heavy atom. The molecule has 1 N–H and O–H groups in total. The molecule has 2 rings (SSSR count). The summed E-state index contributed by atoms with van der Waals surface area (Å²) in [6, 6.07) is 7.06. The predicted octanol–water partition coefficient (Wildman–Crippen LogP) is 4.52. The highest BCUT2D eigenvalue weighted by atomic mass is 35.5. The standard InChI is InChI=1S/C14H8ClF3N2O3/c15-11-7-10(20(22)23)5-6-12(11)19-13(21)8-1-3-9(4-2-8)14(16,17)18/h1-7H,(H,19,21). The number of anilines is 1. The summed E-state index contributed by atoms with van der Waals surface area (Å²) in [6.07, 6.45) is -4.49. The van der Waals surface area contributed by atoms with Crippen LogP contribution in [0.1, 0.15) is 15.9 Å². The SMILES string of the molecule is O=C(Nc1ccc([N+](=O)[O-])cc1Cl)c1ccc(C(F)(F)F)cc1. The van der Waals surface area contributed by atoms with E-state index in [4.69, 9.17) is 11.6 Å². The van der Waals surface area contributed by atoms with Gasteiger partial charge in [-0.15, -0.1) is 0 Å². The van der Waals surface area contributed by atoms with E-state index in [1.807, 2.05) is 0 Å². The van der Waals surface area contributed by atoms with E-state index >= 15 is 0 Å². The van der Waals surface area contributed by atoms with Crippen molar-refractivity contribution in [3.8, 4) is 0 Å². The van der Waals surface area contributed by atoms with Crippen molar-refractivity contribution < 1.29 is 22.9 Å². The Balaban J connectivity index is 2.17. The molecule has 5 nitrogen and oxygen atoms in total. The third kappa shape index (κ3) is 3.98. The van der Waals surface area contributed by atoms with Gasteiger partial charge in [0.15, 0.2) is 0 Å². The van der Waals surface area contributed by atoms with E-state index in [2.05, 4.69) is 5.32 Å². The molecule has 0 aliphatic heterocycles. The van der Waals surface area contributed by atoms with Gasteiger partial charge in [0.25, 0.3) is 11.6 Å². The molecule has 0 spiro atoms. The maximum absolute atomic E-state index is 12.5. The first-order valence-corrected chi connectivity index (χ1v) is 6.49. The molecule has 0 saturated carbocycles. The number of nitrogens with zero attached hydrogens (tertiary/aromatic N) is 1. The number of halogens is 4. The maximum atomic E-state index is 12.5. The number of hydrogen-bond donors (Lipinski definition) is 1. The fourth-order valence-electron chi connectivity index (χ4n) is 1.72. The zero-order valence-corrected chi connectivity index (χ0v) is 12.0. The lowest BCUT2D eigenvalue weighted by molar-refractivity contribution is -0.384. The molecule has 0 radical (unpaired) electrons. The number of nitrogens with one attached hydrogen (secondary N) is 1. The van der Waals surface area contributed by atoms with Crippen LogP contribution in [0.4, 0.5) is 24.5 Å². The van der Waals surface area contributed by atoms with Gasteiger partial charge in [-0.3, -0.25) is 14.9 Å². The number of rotatable bonds is 3. The lowest BCUT2D eigenvalue weighted by Gasteiger charge is -2.09. The fraction of sp³-hybridized carbons (Fsp3) is 0.0714. The topological polar surface area (TPSA) is 72.2 Å². The zero-order chi connectivity index (χ0) is 17.2. The molecule has 0 aliphatic carbocycles. The first-order valence-electron chi connectivity index (χ1n) is 6.11. The highest BCUT2D eigenvalue weighted by Crippen LogP contribution is 2.30. The molecule has 0 aliphatic rings. The summed E-state index contributed by atoms with van der Waals surface area (Å²) in [6.45, 7) is 0. The van der Waals surface area contributed by atoms with Crippen LogP contribution >= 0.6 is 11.6 Å². The molecule has 0 heterocycles. The quantitative estimate of drug-likeness (QED) is 0.657. The van der Waals surface area contributed by atoms with Gasteiger partial charge >= 0.3 is 6.18 Å². The van der Waals surface area contributed by atoms with Crippen LogP contribution in [0.5, 0.6) is 0 Å². The summed E-state index contributed by atoms with van der Waals surface area (Å²) in [5.74, 6) is -0.686. The first kappa shape index (κ1) is 16.8. The summed E-state index contributed by atoms with van der Waals surface area (Å²) in [7, 11) is 0. The molecule has 0 saturated heterocycles. The average molecular weight is 345 g/mol. The van der Waals surface area contributed by atoms with Crippen molar-refractivity contribution in [3.05, 3.63) is 68.7 Å². The Morgan fingerprint density at radius 3 is 2.22 bits per heavy atom. The molecule has 0 bridgehead atoms. The summed E-state index contributed by atoms with van der Waals surface area (Å²) in [4.78, 5) is 21.9. The molecule has 0 aromatic heterocycles. The Kier molecular flexibility index (Phi) is 4.55. The van der Waals surface area contributed by atoms with Crippen LogP contribution in [0.3, 0.4) is 0 Å². The van der Waals surface area contributed by atoms with Gasteiger partial charge in [-0.25, -0.2) is 0 Å². The van der Waals surface area contributed by atoms with Crippen molar-refractivity contribution in [2.75, 3.05) is 5.32 Å². The van der Waals surface area contributed by atoms with Crippen LogP contribution in [0.2, 0.25) is 5.02 Å². The van der Waals surface area contributed by atoms with E-state index in [-0.39, 0.29) is 22.0 Å². The van der Waals surface area contributed by atoms with Crippen molar-refractivity contribution in [1.29, 1.82) is 0 Å². The summed E-state index contributed by atoms with van der Waals surface area (Å²) < 4.78 is 37.4. The van der Waals surface area contributed by atoms with E-state index in [1.54, 1.807) is 0 Å². The molecular weight excluding hydrogens is 337 g/mol. The van der Waals surface area contributed by atoms with E-state index < -0.39 is 22.6 Å². The highest BCUT2D eigenvalue weighted by Gasteiger charge is 2.30. The highest BCUT2D eigenvalue weighted by molar-refractivity contribution is 6.34. The third-order valence-corrected chi connectivity index (χ3v) is 3.20. The molecular formula is C14H8ClF3N2O3. The maximum Gasteiger partial charge on any atom is 0.416 e. The van der Waals surface area contributed by atoms with E-state index in [9.17, 15) is 28.1 Å². The molecule has 1 amide bonds. The lowest BCUT2D eigenvalue weighted by atomic mass is 10.1. The molecule has 2 aromatic rings. The van der Waals surface area contributed by atoms with Gasteiger partial charge in [0.05, 0.1) is 21.2 Å². The van der Waals surface area contributed by atoms with Crippen LogP contribution in [0.15, 0.2) is 42.5 Å². The molecule has 120 valence electrons. The Bertz CT molecular complexity index is 761. The van der Waals surface area contributed by atoms with Crippen molar-refractivity contribution in [2.24, 2.45) is 0 Å². The second-order valence-electron chi connectivity index (χ2n) is 4.45. The normalized spacial score (nSPS) is 11.1. The van der Waals surface area contributed by atoms with E-state index in [0.717, 1.165) is 36.4 Å². The number of nitro benzene ring substituents is 1. The summed E-state index contributed by atoms with van der Waals surface area (Å²) in [5.41, 5.74) is -1.01. The largest absolute Gasteiger partial charge is 0.416 e. The minimum atomic E-state index is -4.49. The van der Waals surface area contributed by atoms with Crippen molar-refractivity contribution in [1.82, 2.24) is 0 Å². The summed E-state index contributed by atoms with van der Waals surface area (Å²) in [5, 5.41) is 12.9. The Morgan fingerprint density at radius 2 is 1.74 bits per heavy atom. The zero-order valence-electron chi connectivity index (χ0n) is 11.2. The average Bonchev–Trinajstić information content (AvgIpc) is 2.48. The number of alkyl halides is 3. The van der Waals surface area contributed by atoms with Gasteiger partial charge < -0.3 is 5.32 Å². The minimum Gasteiger partial charge on any atom is -0.321 e. The van der Waals surface area contributed by atoms with Gasteiger partial charge in [-0.1, -0.05) is 11.6 Å². The van der Waals surface area contributed by atoms with Crippen LogP contribution in [-0.2, 0) is 6.18 Å². The second kappa shape index (κ2) is 6.25. The number of benzene rings is 2. The van der Waals surface area contributed by atoms with E-state index in [1.165, 1.54) is 6.07 Å². The van der Waals surface area contributed by atoms with Crippen LogP contribution in [0, 0.1) is 10.1 Å². The molecule has 0 atom stereocenters. The molecule has 0 unspecified atom stereocenters. The number of nitro groups is 1. The first-order chi connectivity index (χ1) is 10.7. The number of amides is 1. The minimum absolute atomic E-state index is 0.00702. The van der Waals surface area contributed by atoms with Gasteiger partial charge in [0, 0.05) is 17.7 Å². The third-order valence-electron chi connectivity index (χ3n) is 2.89. The second-order valence-corrected chi connectivity index (χ2v) is 4.86. The lowest BCUT2D eigenvalue weighted by Crippen LogP contribution is -2.13. The van der Waals surface area contributed by atoms with Gasteiger partial charge in [-0.05, 0) is 30.3 Å². The van der Waals surface area contributed by atoms with Gasteiger partial charge in [-0.2, -0.15) is 13.2 Å². The Labute approximate surface area is 132 Å². The van der Waals surface area contributed by atoms with Crippen molar-refractivity contribution >= 4 is 28.9 Å². The van der Waals surface area contributed by atoms with Crippen molar-refractivity contribution in [2.45, 2.75) is 6.18 Å². The van der Waals surface area contributed by atoms with E-state index in [0.29, 0.717) is 0 Å². The monoisotopic (exact) mass is 344 g/mol. The fourth-order valence-corrected chi connectivity index (χ4v) is 1.95. The number of non-ortho nitro benzene ring substituents is 1. The number of hydrogen-bond acceptors (Lipinski definition) is 3. The van der Waals surface area contributed by atoms with Crippen molar-refractivity contribution in [3.63, 3.8) is 0 Å². The van der Waals surface area contributed by atoms with Crippen LogP contribution in [0.25, 0.3) is 0 Å². The molecule has 9 heteroatoms. The van der Waals surface area contributed by atoms with Gasteiger partial charge in [0.2, 0.25) is 0 Å². The molecule has 23 heavy (non-hydrogen) atoms. The summed E-state index contributed by atoms with van der Waals surface area (Å²) >= 11 is 5.82. The smallest absolute Gasteiger partial charge is 0.321 e. The predicted molar refractivity (Wildman–Crippen MR) is 77.5 cm³/mol. The Hall–Kier alpha value is -2.61. The van der Waals surface area contributed by atoms with Gasteiger partial charge in [0.1, 0.15) is 0 Å². The number of carbonyl (C=O) groups is 1. The molecule has 2 aromatic carbocycles. The molecule has 0 fully saturated rings.